The first-order valence-corrected chi connectivity index (χ1v) is 15.9. The number of hydrogen-bond acceptors (Lipinski definition) is 9. The number of benzene rings is 2. The number of rotatable bonds is 10. The predicted molar refractivity (Wildman–Crippen MR) is 144 cm³/mol. The zero-order chi connectivity index (χ0) is 28.5. The van der Waals surface area contributed by atoms with Gasteiger partial charge < -0.3 is 19.9 Å². The third kappa shape index (κ3) is 6.12. The Labute approximate surface area is 232 Å². The number of sulfonamides is 2. The minimum absolute atomic E-state index is 0.00422. The van der Waals surface area contributed by atoms with E-state index in [9.17, 15) is 26.7 Å². The topological polar surface area (TPSA) is 164 Å². The van der Waals surface area contributed by atoms with Crippen LogP contribution in [0.2, 0.25) is 0 Å². The Morgan fingerprint density at radius 1 is 1.15 bits per heavy atom. The standard InChI is InChI=1S/C26H32N4O8S2/c1-27-39(33,34)22-4-2-3-21(13-22)37-17-20(31)15-28-19-14-26(38-16-19)7-9-30(10-8-26)40(35,36)23-5-6-24-18(11-23)12-25(32)29-24/h2-6,11-13,19-20,27-28,31H,7-10,14-17H2,1H3. The van der Waals surface area contributed by atoms with Gasteiger partial charge in [-0.2, -0.15) is 4.31 Å². The van der Waals surface area contributed by atoms with Crippen molar-refractivity contribution >= 4 is 32.0 Å². The highest BCUT2D eigenvalue weighted by atomic mass is 32.2. The summed E-state index contributed by atoms with van der Waals surface area (Å²) in [5, 5.41) is 14.7. The number of fused-ring (bicyclic) bond motifs is 1. The van der Waals surface area contributed by atoms with Gasteiger partial charge in [0.25, 0.3) is 5.91 Å². The van der Waals surface area contributed by atoms with Crippen molar-refractivity contribution in [3.05, 3.63) is 53.0 Å². The van der Waals surface area contributed by atoms with Gasteiger partial charge in [-0.15, -0.1) is 0 Å². The molecule has 0 aromatic heterocycles. The van der Waals surface area contributed by atoms with Crippen molar-refractivity contribution in [2.75, 3.05) is 39.9 Å². The number of aliphatic hydroxyl groups excluding tert-OH is 1. The number of hydrogen-bond donors (Lipinski definition) is 3. The minimum atomic E-state index is -3.72. The number of carbonyl (C=O) groups is 1. The monoisotopic (exact) mass is 592 g/mol. The van der Waals surface area contributed by atoms with Crippen LogP contribution in [0, 0.1) is 0 Å². The summed E-state index contributed by atoms with van der Waals surface area (Å²) < 4.78 is 65.8. The number of ether oxygens (including phenoxy) is 2. The van der Waals surface area contributed by atoms with Crippen molar-refractivity contribution in [3.8, 4) is 5.75 Å². The van der Waals surface area contributed by atoms with E-state index in [0.29, 0.717) is 55.3 Å². The normalized spacial score (nSPS) is 21.6. The number of nitrogens with one attached hydrogen (secondary N) is 2. The molecule has 5 rings (SSSR count). The molecule has 0 aliphatic carbocycles. The molecule has 3 aliphatic rings. The van der Waals surface area contributed by atoms with Crippen molar-refractivity contribution in [2.24, 2.45) is 4.99 Å². The molecule has 12 nitrogen and oxygen atoms in total. The quantitative estimate of drug-likeness (QED) is 0.310. The van der Waals surface area contributed by atoms with Crippen molar-refractivity contribution < 1.29 is 36.2 Å². The number of nitrogens with zero attached hydrogens (tertiary/aromatic N) is 2. The first-order chi connectivity index (χ1) is 19.0. The van der Waals surface area contributed by atoms with Crippen LogP contribution >= 0.6 is 0 Å². The lowest BCUT2D eigenvalue weighted by Gasteiger charge is -2.38. The summed E-state index contributed by atoms with van der Waals surface area (Å²) >= 11 is 0. The summed E-state index contributed by atoms with van der Waals surface area (Å²) in [5.74, 6) is -0.0552. The lowest BCUT2D eigenvalue weighted by Crippen LogP contribution is -2.47. The maximum Gasteiger partial charge on any atom is 0.270 e. The summed E-state index contributed by atoms with van der Waals surface area (Å²) in [5.41, 5.74) is -0.429. The summed E-state index contributed by atoms with van der Waals surface area (Å²) in [6, 6.07) is 10.6. The average molecular weight is 593 g/mol. The highest BCUT2D eigenvalue weighted by Crippen LogP contribution is 2.37. The van der Waals surface area contributed by atoms with Gasteiger partial charge in [0.05, 0.1) is 27.4 Å². The molecule has 1 amide bonds. The molecule has 0 bridgehead atoms. The second-order valence-electron chi connectivity index (χ2n) is 10.2. The van der Waals surface area contributed by atoms with E-state index in [0.717, 1.165) is 0 Å². The lowest BCUT2D eigenvalue weighted by molar-refractivity contribution is -0.112. The molecule has 2 saturated heterocycles. The van der Waals surface area contributed by atoms with E-state index in [1.165, 1.54) is 41.7 Å². The molecule has 0 radical (unpaired) electrons. The number of aliphatic hydroxyl groups is 1. The van der Waals surface area contributed by atoms with Crippen LogP contribution < -0.4 is 25.4 Å². The Kier molecular flexibility index (Phi) is 8.12. The first-order valence-electron chi connectivity index (χ1n) is 13.0. The molecule has 3 N–H and O–H groups in total. The maximum absolute atomic E-state index is 13.2. The summed E-state index contributed by atoms with van der Waals surface area (Å²) in [7, 11) is -5.98. The van der Waals surface area contributed by atoms with Crippen LogP contribution in [0.25, 0.3) is 6.08 Å². The summed E-state index contributed by atoms with van der Waals surface area (Å²) in [4.78, 5) is 15.6. The predicted octanol–water partition coefficient (Wildman–Crippen LogP) is -1.12. The van der Waals surface area contributed by atoms with Gasteiger partial charge in [-0.1, -0.05) is 6.07 Å². The van der Waals surface area contributed by atoms with E-state index >= 15 is 0 Å². The van der Waals surface area contributed by atoms with Gasteiger partial charge in [-0.3, -0.25) is 4.79 Å². The van der Waals surface area contributed by atoms with Gasteiger partial charge in [-0.05, 0) is 56.6 Å². The van der Waals surface area contributed by atoms with Crippen LogP contribution in [0.3, 0.4) is 0 Å². The third-order valence-corrected chi connectivity index (χ3v) is 10.8. The third-order valence-electron chi connectivity index (χ3n) is 7.46. The fourth-order valence-electron chi connectivity index (χ4n) is 5.20. The molecule has 2 unspecified atom stereocenters. The highest BCUT2D eigenvalue weighted by molar-refractivity contribution is 7.89. The van der Waals surface area contributed by atoms with E-state index in [4.69, 9.17) is 9.47 Å². The Morgan fingerprint density at radius 3 is 2.67 bits per heavy atom. The second kappa shape index (κ2) is 11.3. The average Bonchev–Trinajstić information content (AvgIpc) is 3.52. The van der Waals surface area contributed by atoms with Crippen molar-refractivity contribution in [1.29, 1.82) is 0 Å². The second-order valence-corrected chi connectivity index (χ2v) is 14.0. The number of amides is 1. The molecule has 14 heteroatoms. The van der Waals surface area contributed by atoms with Crippen molar-refractivity contribution in [2.45, 2.75) is 46.8 Å². The van der Waals surface area contributed by atoms with Crippen LogP contribution in [0.4, 0.5) is 0 Å². The first kappa shape index (κ1) is 28.8. The smallest absolute Gasteiger partial charge is 0.270 e. The number of piperidine rings is 1. The van der Waals surface area contributed by atoms with E-state index in [-0.39, 0.29) is 29.0 Å². The van der Waals surface area contributed by atoms with E-state index in [2.05, 4.69) is 15.0 Å². The van der Waals surface area contributed by atoms with Gasteiger partial charge >= 0.3 is 0 Å². The molecule has 1 spiro atoms. The fourth-order valence-corrected chi connectivity index (χ4v) is 7.45. The van der Waals surface area contributed by atoms with Crippen LogP contribution in [0.15, 0.2) is 57.2 Å². The molecule has 2 fully saturated rings. The van der Waals surface area contributed by atoms with Crippen LogP contribution in [0.1, 0.15) is 19.3 Å². The van der Waals surface area contributed by atoms with Gasteiger partial charge in [0.15, 0.2) is 0 Å². The Bertz CT molecular complexity index is 1620. The fraction of sp³-hybridized carbons (Fsp3) is 0.462. The van der Waals surface area contributed by atoms with E-state index < -0.39 is 37.7 Å². The maximum atomic E-state index is 13.2. The van der Waals surface area contributed by atoms with Gasteiger partial charge in [0.2, 0.25) is 20.0 Å². The van der Waals surface area contributed by atoms with Gasteiger partial charge in [-0.25, -0.2) is 26.6 Å². The molecular weight excluding hydrogens is 560 g/mol. The van der Waals surface area contributed by atoms with Crippen LogP contribution in [-0.2, 0) is 29.6 Å². The Morgan fingerprint density at radius 2 is 1.93 bits per heavy atom. The lowest BCUT2D eigenvalue weighted by atomic mass is 9.88. The molecular formula is C26H32N4O8S2. The van der Waals surface area contributed by atoms with E-state index in [1.807, 2.05) is 0 Å². The van der Waals surface area contributed by atoms with Gasteiger partial charge in [0, 0.05) is 43.0 Å². The molecule has 3 heterocycles. The SMILES string of the molecule is CNS(=O)(=O)c1cccc(OCC(O)CNC2COC3(CCN(S(=O)(=O)c4ccc5c(c4)=CC(=O)N=5)CC3)C2)c1. The molecule has 216 valence electrons. The Hall–Kier alpha value is -2.72. The molecule has 2 atom stereocenters. The molecule has 2 aromatic carbocycles. The molecule has 3 aliphatic heterocycles. The largest absolute Gasteiger partial charge is 0.491 e. The molecule has 40 heavy (non-hydrogen) atoms. The Balaban J connectivity index is 1.09. The van der Waals surface area contributed by atoms with Crippen molar-refractivity contribution in [1.82, 2.24) is 14.3 Å². The minimum Gasteiger partial charge on any atom is -0.491 e. The summed E-state index contributed by atoms with van der Waals surface area (Å²) in [6.07, 6.45) is 2.29. The summed E-state index contributed by atoms with van der Waals surface area (Å²) in [6.45, 7) is 1.31. The zero-order valence-electron chi connectivity index (χ0n) is 21.9. The van der Waals surface area contributed by atoms with Crippen molar-refractivity contribution in [3.63, 3.8) is 0 Å². The highest BCUT2D eigenvalue weighted by Gasteiger charge is 2.44. The molecule has 0 saturated carbocycles. The van der Waals surface area contributed by atoms with Crippen LogP contribution in [-0.4, -0.2) is 89.8 Å². The number of carbonyl (C=O) groups excluding carboxylic acids is 1. The van der Waals surface area contributed by atoms with E-state index in [1.54, 1.807) is 18.2 Å². The molecule has 2 aromatic rings. The van der Waals surface area contributed by atoms with Crippen LogP contribution in [0.5, 0.6) is 5.75 Å². The zero-order valence-corrected chi connectivity index (χ0v) is 23.6. The van der Waals surface area contributed by atoms with Gasteiger partial charge in [0.1, 0.15) is 18.5 Å².